The average Bonchev–Trinajstić information content (AvgIpc) is 2.84. The van der Waals surface area contributed by atoms with Gasteiger partial charge in [0.05, 0.1) is 11.7 Å². The number of nitrogens with zero attached hydrogens (tertiary/aromatic N) is 3. The fraction of sp³-hybridized carbons (Fsp3) is 0.429. The van der Waals surface area contributed by atoms with Gasteiger partial charge in [-0.3, -0.25) is 0 Å². The zero-order valence-electron chi connectivity index (χ0n) is 12.4. The Labute approximate surface area is 134 Å². The summed E-state index contributed by atoms with van der Waals surface area (Å²) >= 11 is 3.03. The first-order valence-corrected chi connectivity index (χ1v) is 8.66. The second-order valence-corrected chi connectivity index (χ2v) is 6.67. The number of nitrogen functional groups attached to an aromatic ring is 1. The van der Waals surface area contributed by atoms with Gasteiger partial charge in [-0.05, 0) is 25.2 Å². The van der Waals surface area contributed by atoms with Crippen LogP contribution in [-0.4, -0.2) is 40.0 Å². The number of nitrogens with one attached hydrogen (secondary N) is 1. The lowest BCUT2D eigenvalue weighted by atomic mass is 10.1. The smallest absolute Gasteiger partial charge is 0.184 e. The van der Waals surface area contributed by atoms with E-state index in [2.05, 4.69) is 57.3 Å². The molecule has 7 heteroatoms. The Morgan fingerprint density at radius 3 is 2.81 bits per heavy atom. The Morgan fingerprint density at radius 1 is 1.29 bits per heavy atom. The summed E-state index contributed by atoms with van der Waals surface area (Å²) in [5.74, 6) is 3.22. The molecule has 0 aliphatic carbocycles. The molecule has 2 aromatic rings. The lowest BCUT2D eigenvalue weighted by molar-refractivity contribution is 0.402. The van der Waals surface area contributed by atoms with Gasteiger partial charge in [0, 0.05) is 24.6 Å². The van der Waals surface area contributed by atoms with E-state index in [1.54, 1.807) is 0 Å². The van der Waals surface area contributed by atoms with Crippen LogP contribution < -0.4 is 11.1 Å². The first-order chi connectivity index (χ1) is 10.1. The van der Waals surface area contributed by atoms with Crippen LogP contribution in [0.5, 0.6) is 0 Å². The predicted molar refractivity (Wildman–Crippen MR) is 92.8 cm³/mol. The molecule has 0 fully saturated rings. The van der Waals surface area contributed by atoms with Crippen LogP contribution in [0.1, 0.15) is 11.1 Å². The van der Waals surface area contributed by atoms with E-state index in [0.717, 1.165) is 36.3 Å². The molecule has 0 aliphatic rings. The minimum Gasteiger partial charge on any atom is -0.380 e. The summed E-state index contributed by atoms with van der Waals surface area (Å²) in [5, 5.41) is 3.20. The quantitative estimate of drug-likeness (QED) is 0.728. The Kier molecular flexibility index (Phi) is 6.28. The number of thioether (sulfide) groups is 1. The summed E-state index contributed by atoms with van der Waals surface area (Å²) in [6, 6.07) is 8.77. The van der Waals surface area contributed by atoms with Gasteiger partial charge in [0.25, 0.3) is 0 Å². The SMILES string of the molecule is CN(C)Cc1cccc(CSCCNc2nsnc2N)c1. The third kappa shape index (κ3) is 5.53. The van der Waals surface area contributed by atoms with Gasteiger partial charge in [0.2, 0.25) is 0 Å². The third-order valence-electron chi connectivity index (χ3n) is 2.81. The molecule has 5 nitrogen and oxygen atoms in total. The summed E-state index contributed by atoms with van der Waals surface area (Å²) < 4.78 is 8.02. The average molecular weight is 323 g/mol. The Morgan fingerprint density at radius 2 is 2.10 bits per heavy atom. The van der Waals surface area contributed by atoms with Crippen molar-refractivity contribution in [2.24, 2.45) is 0 Å². The summed E-state index contributed by atoms with van der Waals surface area (Å²) in [5.41, 5.74) is 8.39. The molecule has 3 N–H and O–H groups in total. The molecule has 21 heavy (non-hydrogen) atoms. The molecular formula is C14H21N5S2. The molecule has 0 atom stereocenters. The van der Waals surface area contributed by atoms with E-state index in [9.17, 15) is 0 Å². The molecule has 114 valence electrons. The number of aromatic nitrogens is 2. The number of hydrogen-bond donors (Lipinski definition) is 2. The maximum atomic E-state index is 5.67. The Balaban J connectivity index is 1.70. The van der Waals surface area contributed by atoms with Gasteiger partial charge in [0.15, 0.2) is 11.6 Å². The zero-order valence-corrected chi connectivity index (χ0v) is 14.0. The maximum Gasteiger partial charge on any atom is 0.184 e. The van der Waals surface area contributed by atoms with Crippen molar-refractivity contribution in [2.45, 2.75) is 12.3 Å². The molecule has 1 aromatic carbocycles. The molecule has 0 saturated carbocycles. The van der Waals surface area contributed by atoms with Crippen molar-refractivity contribution in [1.82, 2.24) is 13.6 Å². The molecule has 0 spiro atoms. The lowest BCUT2D eigenvalue weighted by Crippen LogP contribution is -2.10. The van der Waals surface area contributed by atoms with Crippen LogP contribution in [0.3, 0.4) is 0 Å². The number of nitrogens with two attached hydrogens (primary N) is 1. The van der Waals surface area contributed by atoms with Crippen molar-refractivity contribution in [3.8, 4) is 0 Å². The third-order valence-corrected chi connectivity index (χ3v) is 4.38. The monoisotopic (exact) mass is 323 g/mol. The van der Waals surface area contributed by atoms with Crippen molar-refractivity contribution >= 4 is 35.1 Å². The van der Waals surface area contributed by atoms with Crippen molar-refractivity contribution in [2.75, 3.05) is 37.4 Å². The number of rotatable bonds is 8. The molecular weight excluding hydrogens is 302 g/mol. The van der Waals surface area contributed by atoms with E-state index < -0.39 is 0 Å². The van der Waals surface area contributed by atoms with Gasteiger partial charge < -0.3 is 16.0 Å². The Hall–Kier alpha value is -1.31. The van der Waals surface area contributed by atoms with E-state index in [1.165, 1.54) is 11.1 Å². The minimum absolute atomic E-state index is 0.487. The topological polar surface area (TPSA) is 67.1 Å². The largest absolute Gasteiger partial charge is 0.380 e. The summed E-state index contributed by atoms with van der Waals surface area (Å²) in [7, 11) is 4.18. The van der Waals surface area contributed by atoms with E-state index >= 15 is 0 Å². The van der Waals surface area contributed by atoms with E-state index in [-0.39, 0.29) is 0 Å². The highest BCUT2D eigenvalue weighted by atomic mass is 32.2. The number of anilines is 2. The van der Waals surface area contributed by atoms with Gasteiger partial charge in [-0.1, -0.05) is 24.3 Å². The van der Waals surface area contributed by atoms with Crippen molar-refractivity contribution in [3.05, 3.63) is 35.4 Å². The first kappa shape index (κ1) is 16.1. The Bertz CT molecular complexity index is 556. The fourth-order valence-electron chi connectivity index (χ4n) is 1.93. The molecule has 1 heterocycles. The van der Waals surface area contributed by atoms with Crippen LogP contribution in [0, 0.1) is 0 Å². The fourth-order valence-corrected chi connectivity index (χ4v) is 3.19. The molecule has 0 unspecified atom stereocenters. The van der Waals surface area contributed by atoms with Crippen LogP contribution in [0.15, 0.2) is 24.3 Å². The summed E-state index contributed by atoms with van der Waals surface area (Å²) in [6.07, 6.45) is 0. The predicted octanol–water partition coefficient (Wildman–Crippen LogP) is 2.53. The zero-order chi connectivity index (χ0) is 15.1. The van der Waals surface area contributed by atoms with Gasteiger partial charge in [-0.2, -0.15) is 20.5 Å². The maximum absolute atomic E-state index is 5.67. The highest BCUT2D eigenvalue weighted by molar-refractivity contribution is 7.98. The van der Waals surface area contributed by atoms with Crippen LogP contribution >= 0.6 is 23.5 Å². The highest BCUT2D eigenvalue weighted by Gasteiger charge is 2.02. The lowest BCUT2D eigenvalue weighted by Gasteiger charge is -2.11. The number of benzene rings is 1. The molecule has 2 rings (SSSR count). The standard InChI is InChI=1S/C14H21N5S2/c1-19(2)9-11-4-3-5-12(8-11)10-20-7-6-16-14-13(15)17-21-18-14/h3-5,8H,6-7,9-10H2,1-2H3,(H2,15,17)(H,16,18). The molecule has 0 bridgehead atoms. The van der Waals surface area contributed by atoms with Gasteiger partial charge in [-0.15, -0.1) is 0 Å². The molecule has 0 amide bonds. The summed E-state index contributed by atoms with van der Waals surface area (Å²) in [6.45, 7) is 1.83. The van der Waals surface area contributed by atoms with Gasteiger partial charge >= 0.3 is 0 Å². The van der Waals surface area contributed by atoms with Crippen molar-refractivity contribution in [3.63, 3.8) is 0 Å². The second kappa shape index (κ2) is 8.21. The van der Waals surface area contributed by atoms with Crippen LogP contribution in [-0.2, 0) is 12.3 Å². The molecule has 0 aliphatic heterocycles. The van der Waals surface area contributed by atoms with E-state index in [4.69, 9.17) is 5.73 Å². The van der Waals surface area contributed by atoms with Crippen molar-refractivity contribution < 1.29 is 0 Å². The molecule has 0 radical (unpaired) electrons. The van der Waals surface area contributed by atoms with E-state index in [1.807, 2.05) is 11.8 Å². The first-order valence-electron chi connectivity index (χ1n) is 6.77. The van der Waals surface area contributed by atoms with Crippen molar-refractivity contribution in [1.29, 1.82) is 0 Å². The minimum atomic E-state index is 0.487. The molecule has 1 aromatic heterocycles. The second-order valence-electron chi connectivity index (χ2n) is 5.04. The van der Waals surface area contributed by atoms with Crippen LogP contribution in [0.25, 0.3) is 0 Å². The normalized spacial score (nSPS) is 11.0. The highest BCUT2D eigenvalue weighted by Crippen LogP contribution is 2.16. The van der Waals surface area contributed by atoms with E-state index in [0.29, 0.717) is 11.6 Å². The van der Waals surface area contributed by atoms with Gasteiger partial charge in [0.1, 0.15) is 0 Å². The van der Waals surface area contributed by atoms with Crippen LogP contribution in [0.2, 0.25) is 0 Å². The van der Waals surface area contributed by atoms with Crippen LogP contribution in [0.4, 0.5) is 11.6 Å². The number of hydrogen-bond acceptors (Lipinski definition) is 7. The summed E-state index contributed by atoms with van der Waals surface area (Å²) in [4.78, 5) is 2.18. The van der Waals surface area contributed by atoms with Gasteiger partial charge in [-0.25, -0.2) is 0 Å². The molecule has 0 saturated heterocycles.